The second kappa shape index (κ2) is 12.5. The molecule has 130 valence electrons. The summed E-state index contributed by atoms with van der Waals surface area (Å²) in [5.74, 6) is 0.256. The van der Waals surface area contributed by atoms with Crippen LogP contribution in [0.3, 0.4) is 0 Å². The summed E-state index contributed by atoms with van der Waals surface area (Å²) < 4.78 is 4.70. The molecular weight excluding hydrogens is 425 g/mol. The number of hydrogen-bond donors (Lipinski definition) is 2. The quantitative estimate of drug-likeness (QED) is 0.220. The van der Waals surface area contributed by atoms with Crippen LogP contribution >= 0.6 is 35.7 Å². The molecule has 0 bridgehead atoms. The second-order valence-electron chi connectivity index (χ2n) is 5.00. The Balaban J connectivity index is 0.00000484. The number of hydrogen-bond acceptors (Lipinski definition) is 4. The van der Waals surface area contributed by atoms with Gasteiger partial charge in [0.15, 0.2) is 5.96 Å². The molecule has 0 heterocycles. The number of aliphatic imine (C=N–C) groups is 1. The largest absolute Gasteiger partial charge is 0.469 e. The maximum absolute atomic E-state index is 11.4. The molecule has 0 fully saturated rings. The van der Waals surface area contributed by atoms with Crippen molar-refractivity contribution >= 4 is 47.7 Å². The van der Waals surface area contributed by atoms with E-state index in [1.807, 2.05) is 36.9 Å². The molecule has 1 aromatic rings. The van der Waals surface area contributed by atoms with Crippen molar-refractivity contribution in [2.24, 2.45) is 10.9 Å². The number of thioether (sulfide) groups is 1. The van der Waals surface area contributed by atoms with Crippen LogP contribution in [-0.4, -0.2) is 44.4 Å². The monoisotopic (exact) mass is 451 g/mol. The van der Waals surface area contributed by atoms with Crippen molar-refractivity contribution in [1.82, 2.24) is 10.6 Å². The first-order valence-corrected chi connectivity index (χ1v) is 8.18. The Labute approximate surface area is 160 Å². The van der Waals surface area contributed by atoms with Gasteiger partial charge in [-0.1, -0.05) is 32.0 Å². The molecule has 5 nitrogen and oxygen atoms in total. The summed E-state index contributed by atoms with van der Waals surface area (Å²) >= 11 is 1.81. The van der Waals surface area contributed by atoms with Crippen LogP contribution < -0.4 is 10.6 Å². The van der Waals surface area contributed by atoms with Crippen LogP contribution in [0.5, 0.6) is 0 Å². The molecule has 2 N–H and O–H groups in total. The summed E-state index contributed by atoms with van der Waals surface area (Å²) in [5, 5.41) is 6.80. The first-order chi connectivity index (χ1) is 10.6. The molecule has 0 saturated heterocycles. The average molecular weight is 451 g/mol. The van der Waals surface area contributed by atoms with Crippen molar-refractivity contribution in [3.63, 3.8) is 0 Å². The van der Waals surface area contributed by atoms with Gasteiger partial charge in [-0.05, 0) is 12.1 Å². The third kappa shape index (κ3) is 9.04. The number of ether oxygens (including phenoxy) is 1. The summed E-state index contributed by atoms with van der Waals surface area (Å²) in [6.45, 7) is 5.26. The molecule has 1 rings (SSSR count). The Morgan fingerprint density at radius 1 is 1.22 bits per heavy atom. The molecule has 23 heavy (non-hydrogen) atoms. The Hall–Kier alpha value is -0.960. The van der Waals surface area contributed by atoms with Gasteiger partial charge in [0.05, 0.1) is 13.0 Å². The second-order valence-corrected chi connectivity index (χ2v) is 6.51. The minimum absolute atomic E-state index is 0. The molecule has 0 radical (unpaired) electrons. The SMILES string of the molecule is CN=C(NCC(C)Sc1ccccc1)NCC(C)C(=O)OC.I. The lowest BCUT2D eigenvalue weighted by Gasteiger charge is -2.17. The Morgan fingerprint density at radius 2 is 1.83 bits per heavy atom. The Kier molecular flexibility index (Phi) is 11.9. The number of guanidine groups is 1. The molecular formula is C16H26IN3O2S. The van der Waals surface area contributed by atoms with E-state index in [0.717, 1.165) is 6.54 Å². The Morgan fingerprint density at radius 3 is 2.39 bits per heavy atom. The van der Waals surface area contributed by atoms with Crippen LogP contribution in [0.4, 0.5) is 0 Å². The van der Waals surface area contributed by atoms with E-state index in [1.165, 1.54) is 12.0 Å². The highest BCUT2D eigenvalue weighted by molar-refractivity contribution is 14.0. The van der Waals surface area contributed by atoms with E-state index in [1.54, 1.807) is 7.05 Å². The zero-order valence-corrected chi connectivity index (χ0v) is 17.2. The standard InChI is InChI=1S/C16H25N3O2S.HI/c1-12(15(20)21-4)10-18-16(17-3)19-11-13(2)22-14-8-6-5-7-9-14;/h5-9,12-13H,10-11H2,1-4H3,(H2,17,18,19);1H. The van der Waals surface area contributed by atoms with Gasteiger partial charge in [0.25, 0.3) is 0 Å². The van der Waals surface area contributed by atoms with Gasteiger partial charge >= 0.3 is 5.97 Å². The van der Waals surface area contributed by atoms with E-state index < -0.39 is 0 Å². The van der Waals surface area contributed by atoms with Gasteiger partial charge < -0.3 is 15.4 Å². The van der Waals surface area contributed by atoms with Crippen LogP contribution in [0.2, 0.25) is 0 Å². The number of halogens is 1. The van der Waals surface area contributed by atoms with E-state index in [9.17, 15) is 4.79 Å². The van der Waals surface area contributed by atoms with Gasteiger partial charge in [-0.25, -0.2) is 0 Å². The lowest BCUT2D eigenvalue weighted by Crippen LogP contribution is -2.42. The van der Waals surface area contributed by atoms with E-state index in [4.69, 9.17) is 4.74 Å². The predicted molar refractivity (Wildman–Crippen MR) is 108 cm³/mol. The normalized spacial score (nSPS) is 13.5. The lowest BCUT2D eigenvalue weighted by molar-refractivity contribution is -0.144. The highest BCUT2D eigenvalue weighted by Gasteiger charge is 2.13. The van der Waals surface area contributed by atoms with Crippen LogP contribution in [-0.2, 0) is 9.53 Å². The van der Waals surface area contributed by atoms with Crippen molar-refractivity contribution in [3.8, 4) is 0 Å². The van der Waals surface area contributed by atoms with Gasteiger partial charge in [-0.3, -0.25) is 9.79 Å². The molecule has 2 atom stereocenters. The summed E-state index contributed by atoms with van der Waals surface area (Å²) in [7, 11) is 3.11. The number of rotatable bonds is 7. The average Bonchev–Trinajstić information content (AvgIpc) is 2.54. The fraction of sp³-hybridized carbons (Fsp3) is 0.500. The van der Waals surface area contributed by atoms with Crippen LogP contribution in [0.1, 0.15) is 13.8 Å². The summed E-state index contributed by atoms with van der Waals surface area (Å²) in [6.07, 6.45) is 0. The van der Waals surface area contributed by atoms with Crippen molar-refractivity contribution in [3.05, 3.63) is 30.3 Å². The minimum atomic E-state index is -0.226. The smallest absolute Gasteiger partial charge is 0.310 e. The maximum Gasteiger partial charge on any atom is 0.310 e. The number of esters is 1. The first kappa shape index (κ1) is 22.0. The van der Waals surface area contributed by atoms with Crippen molar-refractivity contribution in [1.29, 1.82) is 0 Å². The molecule has 0 aliphatic carbocycles. The third-order valence-corrected chi connectivity index (χ3v) is 4.15. The third-order valence-electron chi connectivity index (χ3n) is 3.04. The zero-order valence-electron chi connectivity index (χ0n) is 14.0. The van der Waals surface area contributed by atoms with Crippen LogP contribution in [0.25, 0.3) is 0 Å². The Bertz CT molecular complexity index is 485. The molecule has 0 aromatic heterocycles. The fourth-order valence-electron chi connectivity index (χ4n) is 1.77. The summed E-state index contributed by atoms with van der Waals surface area (Å²) in [6, 6.07) is 10.3. The number of nitrogens with one attached hydrogen (secondary N) is 2. The molecule has 0 saturated carbocycles. The summed E-state index contributed by atoms with van der Waals surface area (Å²) in [5.41, 5.74) is 0. The zero-order chi connectivity index (χ0) is 16.4. The first-order valence-electron chi connectivity index (χ1n) is 7.30. The van der Waals surface area contributed by atoms with Crippen molar-refractivity contribution in [2.45, 2.75) is 24.0 Å². The van der Waals surface area contributed by atoms with Gasteiger partial charge in [-0.2, -0.15) is 0 Å². The highest BCUT2D eigenvalue weighted by atomic mass is 127. The number of carbonyl (C=O) groups is 1. The number of nitrogens with zero attached hydrogens (tertiary/aromatic N) is 1. The van der Waals surface area contributed by atoms with E-state index in [0.29, 0.717) is 17.8 Å². The summed E-state index contributed by atoms with van der Waals surface area (Å²) in [4.78, 5) is 16.8. The molecule has 0 aliphatic heterocycles. The number of benzene rings is 1. The molecule has 2 unspecified atom stereocenters. The topological polar surface area (TPSA) is 62.7 Å². The minimum Gasteiger partial charge on any atom is -0.469 e. The molecule has 7 heteroatoms. The van der Waals surface area contributed by atoms with Gasteiger partial charge in [0.1, 0.15) is 0 Å². The van der Waals surface area contributed by atoms with E-state index in [2.05, 4.69) is 34.7 Å². The van der Waals surface area contributed by atoms with Gasteiger partial charge in [0, 0.05) is 30.3 Å². The van der Waals surface area contributed by atoms with Crippen LogP contribution in [0, 0.1) is 5.92 Å². The molecule has 1 aromatic carbocycles. The predicted octanol–water partition coefficient (Wildman–Crippen LogP) is 2.76. The molecule has 0 aliphatic rings. The van der Waals surface area contributed by atoms with Gasteiger partial charge in [0.2, 0.25) is 0 Å². The molecule has 0 spiro atoms. The number of methoxy groups -OCH3 is 1. The van der Waals surface area contributed by atoms with Gasteiger partial charge in [-0.15, -0.1) is 35.7 Å². The van der Waals surface area contributed by atoms with Crippen molar-refractivity contribution in [2.75, 3.05) is 27.2 Å². The fourth-order valence-corrected chi connectivity index (χ4v) is 2.71. The lowest BCUT2D eigenvalue weighted by atomic mass is 10.2. The van der Waals surface area contributed by atoms with E-state index >= 15 is 0 Å². The highest BCUT2D eigenvalue weighted by Crippen LogP contribution is 2.21. The van der Waals surface area contributed by atoms with Crippen LogP contribution in [0.15, 0.2) is 40.2 Å². The molecule has 0 amide bonds. The maximum atomic E-state index is 11.4. The van der Waals surface area contributed by atoms with E-state index in [-0.39, 0.29) is 35.9 Å². The number of carbonyl (C=O) groups excluding carboxylic acids is 1. The van der Waals surface area contributed by atoms with Crippen molar-refractivity contribution < 1.29 is 9.53 Å².